The van der Waals surface area contributed by atoms with Crippen molar-refractivity contribution in [2.24, 2.45) is 0 Å². The highest BCUT2D eigenvalue weighted by Gasteiger charge is 2.13. The third-order valence-corrected chi connectivity index (χ3v) is 3.71. The van der Waals surface area contributed by atoms with E-state index in [1.165, 1.54) is 0 Å². The Morgan fingerprint density at radius 3 is 2.16 bits per heavy atom. The fraction of sp³-hybridized carbons (Fsp3) is 0.263. The van der Waals surface area contributed by atoms with Gasteiger partial charge in [-0.2, -0.15) is 0 Å². The van der Waals surface area contributed by atoms with E-state index >= 15 is 0 Å². The second-order valence-corrected chi connectivity index (χ2v) is 5.75. The maximum atomic E-state index is 11.9. The Labute approximate surface area is 147 Å². The summed E-state index contributed by atoms with van der Waals surface area (Å²) in [6, 6.07) is 14.8. The van der Waals surface area contributed by atoms with E-state index in [0.29, 0.717) is 24.4 Å². The van der Waals surface area contributed by atoms with Crippen LogP contribution in [0.4, 0.5) is 11.4 Å². The third kappa shape index (κ3) is 5.53. The van der Waals surface area contributed by atoms with Crippen LogP contribution in [0.2, 0.25) is 0 Å². The summed E-state index contributed by atoms with van der Waals surface area (Å²) in [6.45, 7) is 0.399. The van der Waals surface area contributed by atoms with E-state index in [1.54, 1.807) is 31.4 Å². The minimum absolute atomic E-state index is 0.399. The number of amides is 2. The molecule has 0 unspecified atom stereocenters. The van der Waals surface area contributed by atoms with Crippen molar-refractivity contribution < 1.29 is 14.3 Å². The molecule has 6 nitrogen and oxygen atoms in total. The summed E-state index contributed by atoms with van der Waals surface area (Å²) in [7, 11) is 5.53. The van der Waals surface area contributed by atoms with Crippen LogP contribution in [0.3, 0.4) is 0 Å². The van der Waals surface area contributed by atoms with Crippen LogP contribution in [0.5, 0.6) is 5.75 Å². The zero-order valence-corrected chi connectivity index (χ0v) is 14.7. The average Bonchev–Trinajstić information content (AvgIpc) is 2.62. The molecule has 0 atom stereocenters. The second-order valence-electron chi connectivity index (χ2n) is 5.75. The van der Waals surface area contributed by atoms with Gasteiger partial charge in [0, 0.05) is 32.0 Å². The minimum atomic E-state index is -0.687. The normalized spacial score (nSPS) is 10.0. The number of hydrogen-bond acceptors (Lipinski definition) is 4. The standard InChI is InChI=1S/C19H23N3O3/c1-22(2)16-8-4-14(5-9-16)12-13-20-18(23)19(24)21-15-6-10-17(25-3)11-7-15/h4-11H,12-13H2,1-3H3,(H,20,23)(H,21,24). The Kier molecular flexibility index (Phi) is 6.39. The number of carbonyl (C=O) groups is 2. The first-order chi connectivity index (χ1) is 12.0. The SMILES string of the molecule is COc1ccc(NC(=O)C(=O)NCCc2ccc(N(C)C)cc2)cc1. The summed E-state index contributed by atoms with van der Waals surface area (Å²) in [5.74, 6) is -0.656. The summed E-state index contributed by atoms with van der Waals surface area (Å²) in [5, 5.41) is 5.17. The summed E-state index contributed by atoms with van der Waals surface area (Å²) in [6.07, 6.45) is 0.662. The maximum absolute atomic E-state index is 11.9. The van der Waals surface area contributed by atoms with Crippen LogP contribution in [-0.2, 0) is 16.0 Å². The van der Waals surface area contributed by atoms with E-state index in [1.807, 2.05) is 43.3 Å². The van der Waals surface area contributed by atoms with Crippen molar-refractivity contribution in [3.05, 3.63) is 54.1 Å². The number of carbonyl (C=O) groups excluding carboxylic acids is 2. The number of ether oxygens (including phenoxy) is 1. The summed E-state index contributed by atoms with van der Waals surface area (Å²) in [4.78, 5) is 25.7. The van der Waals surface area contributed by atoms with Crippen molar-refractivity contribution >= 4 is 23.2 Å². The van der Waals surface area contributed by atoms with Gasteiger partial charge in [-0.25, -0.2) is 0 Å². The molecule has 2 N–H and O–H groups in total. The largest absolute Gasteiger partial charge is 0.497 e. The van der Waals surface area contributed by atoms with Gasteiger partial charge in [0.1, 0.15) is 5.75 Å². The Balaban J connectivity index is 1.77. The van der Waals surface area contributed by atoms with E-state index in [0.717, 1.165) is 11.3 Å². The van der Waals surface area contributed by atoms with Gasteiger partial charge in [-0.3, -0.25) is 9.59 Å². The number of nitrogens with one attached hydrogen (secondary N) is 2. The van der Waals surface area contributed by atoms with Crippen LogP contribution >= 0.6 is 0 Å². The molecule has 132 valence electrons. The van der Waals surface area contributed by atoms with Gasteiger partial charge < -0.3 is 20.3 Å². The van der Waals surface area contributed by atoms with Crippen LogP contribution < -0.4 is 20.3 Å². The lowest BCUT2D eigenvalue weighted by molar-refractivity contribution is -0.136. The first kappa shape index (κ1) is 18.3. The Bertz CT molecular complexity index is 710. The smallest absolute Gasteiger partial charge is 0.313 e. The molecular weight excluding hydrogens is 318 g/mol. The maximum Gasteiger partial charge on any atom is 0.313 e. The molecule has 0 heterocycles. The summed E-state index contributed by atoms with van der Waals surface area (Å²) in [5.41, 5.74) is 2.76. The molecule has 0 aromatic heterocycles. The molecule has 0 bridgehead atoms. The van der Waals surface area contributed by atoms with E-state index < -0.39 is 11.8 Å². The van der Waals surface area contributed by atoms with Gasteiger partial charge in [0.05, 0.1) is 7.11 Å². The molecule has 2 rings (SSSR count). The average molecular weight is 341 g/mol. The molecule has 0 aliphatic carbocycles. The molecule has 0 saturated carbocycles. The van der Waals surface area contributed by atoms with Crippen molar-refractivity contribution in [3.8, 4) is 5.75 Å². The quantitative estimate of drug-likeness (QED) is 0.789. The topological polar surface area (TPSA) is 70.7 Å². The monoisotopic (exact) mass is 341 g/mol. The van der Waals surface area contributed by atoms with E-state index in [9.17, 15) is 9.59 Å². The molecule has 0 aliphatic heterocycles. The van der Waals surface area contributed by atoms with E-state index in [-0.39, 0.29) is 0 Å². The van der Waals surface area contributed by atoms with E-state index in [2.05, 4.69) is 10.6 Å². The highest BCUT2D eigenvalue weighted by molar-refractivity contribution is 6.39. The zero-order chi connectivity index (χ0) is 18.2. The molecule has 2 aromatic carbocycles. The van der Waals surface area contributed by atoms with Crippen LogP contribution in [0, 0.1) is 0 Å². The minimum Gasteiger partial charge on any atom is -0.497 e. The highest BCUT2D eigenvalue weighted by Crippen LogP contribution is 2.15. The second kappa shape index (κ2) is 8.73. The molecule has 0 radical (unpaired) electrons. The van der Waals surface area contributed by atoms with Crippen molar-refractivity contribution in [2.75, 3.05) is 38.0 Å². The lowest BCUT2D eigenvalue weighted by Gasteiger charge is -2.12. The highest BCUT2D eigenvalue weighted by atomic mass is 16.5. The van der Waals surface area contributed by atoms with Gasteiger partial charge in [0.2, 0.25) is 0 Å². The molecule has 25 heavy (non-hydrogen) atoms. The molecular formula is C19H23N3O3. The summed E-state index contributed by atoms with van der Waals surface area (Å²) < 4.78 is 5.04. The lowest BCUT2D eigenvalue weighted by atomic mass is 10.1. The molecule has 2 aromatic rings. The molecule has 0 fully saturated rings. The van der Waals surface area contributed by atoms with Crippen molar-refractivity contribution in [3.63, 3.8) is 0 Å². The van der Waals surface area contributed by atoms with Gasteiger partial charge in [-0.05, 0) is 48.4 Å². The van der Waals surface area contributed by atoms with E-state index in [4.69, 9.17) is 4.74 Å². The Morgan fingerprint density at radius 2 is 1.60 bits per heavy atom. The fourth-order valence-electron chi connectivity index (χ4n) is 2.22. The first-order valence-corrected chi connectivity index (χ1v) is 7.99. The summed E-state index contributed by atoms with van der Waals surface area (Å²) >= 11 is 0. The van der Waals surface area contributed by atoms with Crippen molar-refractivity contribution in [1.29, 1.82) is 0 Å². The molecule has 6 heteroatoms. The van der Waals surface area contributed by atoms with Gasteiger partial charge in [-0.1, -0.05) is 12.1 Å². The zero-order valence-electron chi connectivity index (χ0n) is 14.7. The van der Waals surface area contributed by atoms with Crippen molar-refractivity contribution in [2.45, 2.75) is 6.42 Å². The molecule has 0 spiro atoms. The fourth-order valence-corrected chi connectivity index (χ4v) is 2.22. The van der Waals surface area contributed by atoms with Gasteiger partial charge in [-0.15, -0.1) is 0 Å². The number of hydrogen-bond donors (Lipinski definition) is 2. The van der Waals surface area contributed by atoms with Crippen LogP contribution in [0.15, 0.2) is 48.5 Å². The van der Waals surface area contributed by atoms with Gasteiger partial charge in [0.15, 0.2) is 0 Å². The molecule has 2 amide bonds. The first-order valence-electron chi connectivity index (χ1n) is 7.99. The Morgan fingerprint density at radius 1 is 0.960 bits per heavy atom. The predicted octanol–water partition coefficient (Wildman–Crippen LogP) is 2.06. The Hall–Kier alpha value is -3.02. The number of anilines is 2. The van der Waals surface area contributed by atoms with Crippen molar-refractivity contribution in [1.82, 2.24) is 5.32 Å². The number of nitrogens with zero attached hydrogens (tertiary/aromatic N) is 1. The van der Waals surface area contributed by atoms with Crippen LogP contribution in [0.25, 0.3) is 0 Å². The molecule has 0 aliphatic rings. The van der Waals surface area contributed by atoms with Gasteiger partial charge in [0.25, 0.3) is 0 Å². The third-order valence-electron chi connectivity index (χ3n) is 3.71. The van der Waals surface area contributed by atoms with Crippen LogP contribution in [0.1, 0.15) is 5.56 Å². The van der Waals surface area contributed by atoms with Gasteiger partial charge >= 0.3 is 11.8 Å². The number of rotatable bonds is 6. The number of benzene rings is 2. The molecule has 0 saturated heterocycles. The van der Waals surface area contributed by atoms with Crippen LogP contribution in [-0.4, -0.2) is 39.6 Å². The number of methoxy groups -OCH3 is 1. The lowest BCUT2D eigenvalue weighted by Crippen LogP contribution is -2.36. The predicted molar refractivity (Wildman–Crippen MR) is 99.1 cm³/mol.